The monoisotopic (exact) mass is 387 g/mol. The average Bonchev–Trinajstić information content (AvgIpc) is 3.28. The van der Waals surface area contributed by atoms with Crippen LogP contribution in [0.5, 0.6) is 0 Å². The lowest BCUT2D eigenvalue weighted by Crippen LogP contribution is -2.10. The highest BCUT2D eigenvalue weighted by atomic mass is 79.9. The van der Waals surface area contributed by atoms with E-state index in [2.05, 4.69) is 31.2 Å². The van der Waals surface area contributed by atoms with Crippen molar-refractivity contribution < 1.29 is 8.42 Å². The van der Waals surface area contributed by atoms with Gasteiger partial charge < -0.3 is 5.32 Å². The molecule has 1 saturated carbocycles. The Morgan fingerprint density at radius 3 is 2.71 bits per heavy atom. The van der Waals surface area contributed by atoms with Gasteiger partial charge in [0.1, 0.15) is 5.82 Å². The molecule has 1 aliphatic rings. The highest BCUT2D eigenvalue weighted by Crippen LogP contribution is 2.37. The molecule has 1 N–H and O–H groups in total. The zero-order valence-electron chi connectivity index (χ0n) is 10.8. The van der Waals surface area contributed by atoms with Gasteiger partial charge in [0.05, 0.1) is 20.3 Å². The molecule has 0 atom stereocenters. The minimum atomic E-state index is -3.29. The van der Waals surface area contributed by atoms with Crippen LogP contribution in [0.15, 0.2) is 39.8 Å². The second-order valence-electron chi connectivity index (χ2n) is 4.70. The van der Waals surface area contributed by atoms with Crippen LogP contribution in [0, 0.1) is 0 Å². The highest BCUT2D eigenvalue weighted by Gasteiger charge is 2.38. The van der Waals surface area contributed by atoms with Gasteiger partial charge >= 0.3 is 0 Å². The summed E-state index contributed by atoms with van der Waals surface area (Å²) in [6, 6.07) is 6.79. The summed E-state index contributed by atoms with van der Waals surface area (Å²) in [5.74, 6) is 0.424. The Morgan fingerprint density at radius 2 is 2.00 bits per heavy atom. The number of anilines is 2. The maximum atomic E-state index is 12.4. The fourth-order valence-electron chi connectivity index (χ4n) is 1.94. The molecule has 110 valence electrons. The Bertz CT molecular complexity index is 794. The Balaban J connectivity index is 2.02. The molecule has 1 fully saturated rings. The summed E-state index contributed by atoms with van der Waals surface area (Å²) in [6.07, 6.45) is 2.95. The largest absolute Gasteiger partial charge is 0.338 e. The first-order chi connectivity index (χ1) is 9.98. The van der Waals surface area contributed by atoms with E-state index in [1.807, 2.05) is 0 Å². The molecule has 5 nitrogen and oxygen atoms in total. The van der Waals surface area contributed by atoms with Crippen LogP contribution in [-0.4, -0.2) is 23.6 Å². The van der Waals surface area contributed by atoms with Crippen LogP contribution in [0.2, 0.25) is 5.28 Å². The van der Waals surface area contributed by atoms with Gasteiger partial charge in [-0.2, -0.15) is 4.98 Å². The summed E-state index contributed by atoms with van der Waals surface area (Å²) in [4.78, 5) is 8.18. The van der Waals surface area contributed by atoms with Crippen molar-refractivity contribution in [3.05, 3.63) is 40.2 Å². The van der Waals surface area contributed by atoms with E-state index in [0.717, 1.165) is 12.8 Å². The van der Waals surface area contributed by atoms with Gasteiger partial charge in [0.2, 0.25) is 5.28 Å². The number of aromatic nitrogens is 2. The van der Waals surface area contributed by atoms with Crippen LogP contribution < -0.4 is 5.32 Å². The first-order valence-corrected chi connectivity index (χ1v) is 8.98. The summed E-state index contributed by atoms with van der Waals surface area (Å²) in [7, 11) is -3.29. The number of nitrogens with one attached hydrogen (secondary N) is 1. The Kier molecular flexibility index (Phi) is 3.90. The normalized spacial score (nSPS) is 15.0. The molecular formula is C13H11BrClN3O2S. The van der Waals surface area contributed by atoms with Crippen molar-refractivity contribution in [3.63, 3.8) is 0 Å². The van der Waals surface area contributed by atoms with Gasteiger partial charge in [0, 0.05) is 6.20 Å². The lowest BCUT2D eigenvalue weighted by atomic mass is 10.3. The van der Waals surface area contributed by atoms with Gasteiger partial charge in [0.15, 0.2) is 9.84 Å². The third-order valence-electron chi connectivity index (χ3n) is 3.12. The van der Waals surface area contributed by atoms with E-state index in [9.17, 15) is 8.42 Å². The molecule has 21 heavy (non-hydrogen) atoms. The number of nitrogens with zero attached hydrogens (tertiary/aromatic N) is 2. The number of halogens is 2. The molecule has 1 aromatic carbocycles. The highest BCUT2D eigenvalue weighted by molar-refractivity contribution is 9.10. The van der Waals surface area contributed by atoms with Gasteiger partial charge in [-0.05, 0) is 52.5 Å². The Hall–Kier alpha value is -1.18. The number of rotatable bonds is 4. The Labute approximate surface area is 135 Å². The minimum absolute atomic E-state index is 0.0863. The zero-order chi connectivity index (χ0) is 15.0. The van der Waals surface area contributed by atoms with E-state index in [1.165, 1.54) is 6.20 Å². The average molecular weight is 389 g/mol. The number of benzene rings is 1. The van der Waals surface area contributed by atoms with Crippen LogP contribution in [-0.2, 0) is 9.84 Å². The molecule has 2 aromatic rings. The molecule has 0 aliphatic heterocycles. The molecule has 1 heterocycles. The fourth-order valence-corrected chi connectivity index (χ4v) is 4.17. The van der Waals surface area contributed by atoms with Gasteiger partial charge in [0.25, 0.3) is 0 Å². The number of para-hydroxylation sites is 1. The summed E-state index contributed by atoms with van der Waals surface area (Å²) in [5.41, 5.74) is 0.486. The van der Waals surface area contributed by atoms with Crippen LogP contribution >= 0.6 is 27.5 Å². The van der Waals surface area contributed by atoms with Crippen LogP contribution in [0.4, 0.5) is 11.5 Å². The standard InChI is InChI=1S/C13H11BrClN3O2S/c14-9-7-16-13(15)18-12(9)17-10-3-1-2-4-11(10)21(19,20)8-5-6-8/h1-4,7-8H,5-6H2,(H,16,17,18). The molecule has 8 heteroatoms. The predicted octanol–water partition coefficient (Wildman–Crippen LogP) is 3.57. The first kappa shape index (κ1) is 14.7. The molecule has 0 spiro atoms. The van der Waals surface area contributed by atoms with E-state index in [-0.39, 0.29) is 15.4 Å². The van der Waals surface area contributed by atoms with Crippen molar-refractivity contribution in [1.82, 2.24) is 9.97 Å². The van der Waals surface area contributed by atoms with E-state index < -0.39 is 9.84 Å². The quantitative estimate of drug-likeness (QED) is 0.811. The molecule has 0 radical (unpaired) electrons. The molecule has 0 saturated heterocycles. The number of hydrogen-bond acceptors (Lipinski definition) is 5. The maximum Gasteiger partial charge on any atom is 0.224 e. The lowest BCUT2D eigenvalue weighted by molar-refractivity contribution is 0.595. The summed E-state index contributed by atoms with van der Waals surface area (Å²) >= 11 is 9.08. The van der Waals surface area contributed by atoms with E-state index in [0.29, 0.717) is 16.0 Å². The van der Waals surface area contributed by atoms with Crippen molar-refractivity contribution >= 4 is 48.9 Å². The summed E-state index contributed by atoms with van der Waals surface area (Å²) < 4.78 is 25.5. The first-order valence-electron chi connectivity index (χ1n) is 6.26. The van der Waals surface area contributed by atoms with Crippen molar-refractivity contribution in [2.45, 2.75) is 23.0 Å². The second-order valence-corrected chi connectivity index (χ2v) is 8.09. The molecule has 3 rings (SSSR count). The summed E-state index contributed by atoms with van der Waals surface area (Å²) in [5, 5.41) is 2.83. The van der Waals surface area contributed by atoms with E-state index in [4.69, 9.17) is 11.6 Å². The molecule has 1 aliphatic carbocycles. The number of sulfone groups is 1. The lowest BCUT2D eigenvalue weighted by Gasteiger charge is -2.12. The van der Waals surface area contributed by atoms with Crippen molar-refractivity contribution in [2.24, 2.45) is 0 Å². The predicted molar refractivity (Wildman–Crippen MR) is 84.7 cm³/mol. The minimum Gasteiger partial charge on any atom is -0.338 e. The van der Waals surface area contributed by atoms with Crippen molar-refractivity contribution in [3.8, 4) is 0 Å². The topological polar surface area (TPSA) is 72.0 Å². The van der Waals surface area contributed by atoms with Crippen LogP contribution in [0.1, 0.15) is 12.8 Å². The molecule has 0 unspecified atom stereocenters. The van der Waals surface area contributed by atoms with Gasteiger partial charge in [-0.15, -0.1) is 0 Å². The summed E-state index contributed by atoms with van der Waals surface area (Å²) in [6.45, 7) is 0. The van der Waals surface area contributed by atoms with Gasteiger partial charge in [-0.25, -0.2) is 13.4 Å². The van der Waals surface area contributed by atoms with Crippen LogP contribution in [0.25, 0.3) is 0 Å². The molecule has 1 aromatic heterocycles. The van der Waals surface area contributed by atoms with E-state index in [1.54, 1.807) is 24.3 Å². The zero-order valence-corrected chi connectivity index (χ0v) is 13.9. The molecule has 0 bridgehead atoms. The van der Waals surface area contributed by atoms with Gasteiger partial charge in [-0.3, -0.25) is 0 Å². The smallest absolute Gasteiger partial charge is 0.224 e. The van der Waals surface area contributed by atoms with Crippen molar-refractivity contribution in [1.29, 1.82) is 0 Å². The second kappa shape index (κ2) is 5.55. The third-order valence-corrected chi connectivity index (χ3v) is 6.21. The SMILES string of the molecule is O=S(=O)(c1ccccc1Nc1nc(Cl)ncc1Br)C1CC1. The third kappa shape index (κ3) is 3.04. The van der Waals surface area contributed by atoms with E-state index >= 15 is 0 Å². The fraction of sp³-hybridized carbons (Fsp3) is 0.231. The Morgan fingerprint density at radius 1 is 1.29 bits per heavy atom. The van der Waals surface area contributed by atoms with Gasteiger partial charge in [-0.1, -0.05) is 12.1 Å². The molecule has 0 amide bonds. The maximum absolute atomic E-state index is 12.4. The molecular weight excluding hydrogens is 378 g/mol. The van der Waals surface area contributed by atoms with Crippen LogP contribution in [0.3, 0.4) is 0 Å². The van der Waals surface area contributed by atoms with Crippen molar-refractivity contribution in [2.75, 3.05) is 5.32 Å². The number of hydrogen-bond donors (Lipinski definition) is 1.